The van der Waals surface area contributed by atoms with Crippen LogP contribution in [-0.2, 0) is 17.1 Å². The van der Waals surface area contributed by atoms with Crippen molar-refractivity contribution in [3.8, 4) is 0 Å². The van der Waals surface area contributed by atoms with Crippen molar-refractivity contribution >= 4 is 10.0 Å². The maximum Gasteiger partial charge on any atom is 0.244 e. The largest absolute Gasteiger partial charge is 0.393 e. The third kappa shape index (κ3) is 3.07. The molecule has 0 spiro atoms. The summed E-state index contributed by atoms with van der Waals surface area (Å²) in [5.41, 5.74) is 0. The summed E-state index contributed by atoms with van der Waals surface area (Å²) in [6.45, 7) is 1.96. The Morgan fingerprint density at radius 2 is 2.19 bits per heavy atom. The molecule has 0 aliphatic heterocycles. The zero-order chi connectivity index (χ0) is 12.3. The molecule has 0 amide bonds. The van der Waals surface area contributed by atoms with Gasteiger partial charge >= 0.3 is 0 Å². The highest BCUT2D eigenvalue weighted by atomic mass is 32.2. The van der Waals surface area contributed by atoms with Gasteiger partial charge in [-0.1, -0.05) is 0 Å². The van der Waals surface area contributed by atoms with Gasteiger partial charge in [0.25, 0.3) is 0 Å². The van der Waals surface area contributed by atoms with Crippen LogP contribution in [0.4, 0.5) is 0 Å². The Kier molecular flexibility index (Phi) is 4.12. The van der Waals surface area contributed by atoms with E-state index in [1.165, 1.54) is 11.4 Å². The Morgan fingerprint density at radius 1 is 1.56 bits per heavy atom. The third-order valence-electron chi connectivity index (χ3n) is 2.37. The highest BCUT2D eigenvalue weighted by Crippen LogP contribution is 2.14. The van der Waals surface area contributed by atoms with Crippen molar-refractivity contribution in [1.29, 1.82) is 0 Å². The van der Waals surface area contributed by atoms with Gasteiger partial charge in [0, 0.05) is 33.0 Å². The van der Waals surface area contributed by atoms with Gasteiger partial charge in [-0.3, -0.25) is 0 Å². The van der Waals surface area contributed by atoms with Crippen molar-refractivity contribution in [2.75, 3.05) is 13.6 Å². The van der Waals surface area contributed by atoms with Crippen molar-refractivity contribution < 1.29 is 13.5 Å². The van der Waals surface area contributed by atoms with Crippen LogP contribution in [0.1, 0.15) is 13.3 Å². The van der Waals surface area contributed by atoms with Gasteiger partial charge in [-0.25, -0.2) is 12.7 Å². The fourth-order valence-electron chi connectivity index (χ4n) is 1.30. The molecule has 0 aliphatic rings. The number of sulfonamides is 1. The highest BCUT2D eigenvalue weighted by Gasteiger charge is 2.21. The molecule has 0 saturated carbocycles. The highest BCUT2D eigenvalue weighted by molar-refractivity contribution is 7.89. The molecule has 0 aromatic carbocycles. The number of nitrogens with zero attached hydrogens (tertiary/aromatic N) is 2. The molecule has 5 nitrogen and oxygen atoms in total. The fraction of sp³-hybridized carbons (Fsp3) is 0.600. The van der Waals surface area contributed by atoms with E-state index in [1.54, 1.807) is 37.0 Å². The van der Waals surface area contributed by atoms with Crippen LogP contribution in [0.5, 0.6) is 0 Å². The second-order valence-corrected chi connectivity index (χ2v) is 6.02. The molecule has 1 rings (SSSR count). The first-order chi connectivity index (χ1) is 7.34. The van der Waals surface area contributed by atoms with Crippen molar-refractivity contribution in [2.24, 2.45) is 7.05 Å². The molecule has 1 aromatic rings. The maximum atomic E-state index is 12.0. The van der Waals surface area contributed by atoms with Gasteiger partial charge in [-0.15, -0.1) is 0 Å². The Balaban J connectivity index is 2.78. The summed E-state index contributed by atoms with van der Waals surface area (Å²) in [5.74, 6) is 0. The van der Waals surface area contributed by atoms with Gasteiger partial charge < -0.3 is 9.67 Å². The summed E-state index contributed by atoms with van der Waals surface area (Å²) < 4.78 is 26.9. The Bertz CT molecular complexity index is 437. The van der Waals surface area contributed by atoms with Crippen LogP contribution >= 0.6 is 0 Å². The van der Waals surface area contributed by atoms with Crippen molar-refractivity contribution in [1.82, 2.24) is 8.87 Å². The topological polar surface area (TPSA) is 62.5 Å². The fourth-order valence-corrected chi connectivity index (χ4v) is 2.54. The molecule has 0 radical (unpaired) electrons. The van der Waals surface area contributed by atoms with Crippen LogP contribution in [0.25, 0.3) is 0 Å². The number of hydrogen-bond donors (Lipinski definition) is 1. The van der Waals surface area contributed by atoms with E-state index in [0.717, 1.165) is 0 Å². The molecule has 1 heterocycles. The Hall–Kier alpha value is -0.850. The number of aromatic nitrogens is 1. The molecule has 92 valence electrons. The SMILES string of the molecule is CC(O)CCN(C)S(=O)(=O)c1ccn(C)c1. The lowest BCUT2D eigenvalue weighted by atomic mass is 10.3. The number of aliphatic hydroxyl groups excluding tert-OH is 1. The van der Waals surface area contributed by atoms with Gasteiger partial charge in [0.15, 0.2) is 0 Å². The second kappa shape index (κ2) is 4.99. The summed E-state index contributed by atoms with van der Waals surface area (Å²) in [6, 6.07) is 1.56. The quantitative estimate of drug-likeness (QED) is 0.819. The van der Waals surface area contributed by atoms with Crippen LogP contribution < -0.4 is 0 Å². The smallest absolute Gasteiger partial charge is 0.244 e. The third-order valence-corrected chi connectivity index (χ3v) is 4.22. The number of hydrogen-bond acceptors (Lipinski definition) is 3. The van der Waals surface area contributed by atoms with E-state index in [1.807, 2.05) is 0 Å². The normalized spacial score (nSPS) is 14.3. The van der Waals surface area contributed by atoms with Gasteiger partial charge in [0.1, 0.15) is 0 Å². The zero-order valence-electron chi connectivity index (χ0n) is 9.79. The lowest BCUT2D eigenvalue weighted by Gasteiger charge is -2.16. The maximum absolute atomic E-state index is 12.0. The minimum Gasteiger partial charge on any atom is -0.393 e. The number of rotatable bonds is 5. The first-order valence-electron chi connectivity index (χ1n) is 5.10. The predicted molar refractivity (Wildman–Crippen MR) is 61.5 cm³/mol. The molecular formula is C10H18N2O3S. The van der Waals surface area contributed by atoms with E-state index in [9.17, 15) is 8.42 Å². The van der Waals surface area contributed by atoms with E-state index in [0.29, 0.717) is 13.0 Å². The molecule has 0 aliphatic carbocycles. The van der Waals surface area contributed by atoms with Gasteiger partial charge in [0.2, 0.25) is 10.0 Å². The average molecular weight is 246 g/mol. The second-order valence-electron chi connectivity index (χ2n) is 3.98. The lowest BCUT2D eigenvalue weighted by Crippen LogP contribution is -2.29. The molecule has 0 bridgehead atoms. The number of aliphatic hydroxyl groups is 1. The minimum atomic E-state index is -3.41. The predicted octanol–water partition coefficient (Wildman–Crippen LogP) is 0.416. The first-order valence-corrected chi connectivity index (χ1v) is 6.54. The first kappa shape index (κ1) is 13.2. The van der Waals surface area contributed by atoms with Crippen LogP contribution in [0.2, 0.25) is 0 Å². The summed E-state index contributed by atoms with van der Waals surface area (Å²) in [4.78, 5) is 0.281. The van der Waals surface area contributed by atoms with Crippen molar-refractivity contribution in [3.63, 3.8) is 0 Å². The van der Waals surface area contributed by atoms with Crippen molar-refractivity contribution in [2.45, 2.75) is 24.3 Å². The molecule has 1 N–H and O–H groups in total. The van der Waals surface area contributed by atoms with Crippen LogP contribution in [0.3, 0.4) is 0 Å². The summed E-state index contributed by atoms with van der Waals surface area (Å²) in [7, 11) is -0.121. The standard InChI is InChI=1S/C10H18N2O3S/c1-9(13)4-7-12(3)16(14,15)10-5-6-11(2)8-10/h5-6,8-9,13H,4,7H2,1-3H3. The molecule has 0 fully saturated rings. The zero-order valence-corrected chi connectivity index (χ0v) is 10.6. The summed E-state index contributed by atoms with van der Waals surface area (Å²) in [6.07, 6.45) is 3.19. The van der Waals surface area contributed by atoms with E-state index in [2.05, 4.69) is 0 Å². The van der Waals surface area contributed by atoms with E-state index in [4.69, 9.17) is 5.11 Å². The van der Waals surface area contributed by atoms with Crippen LogP contribution in [0, 0.1) is 0 Å². The monoisotopic (exact) mass is 246 g/mol. The van der Waals surface area contributed by atoms with Gasteiger partial charge in [0.05, 0.1) is 11.0 Å². The molecule has 6 heteroatoms. The van der Waals surface area contributed by atoms with Crippen LogP contribution in [0.15, 0.2) is 23.4 Å². The molecule has 1 atom stereocenters. The minimum absolute atomic E-state index is 0.281. The van der Waals surface area contributed by atoms with Gasteiger partial charge in [-0.2, -0.15) is 0 Å². The van der Waals surface area contributed by atoms with E-state index in [-0.39, 0.29) is 4.90 Å². The lowest BCUT2D eigenvalue weighted by molar-refractivity contribution is 0.177. The van der Waals surface area contributed by atoms with Crippen LogP contribution in [-0.4, -0.2) is 42.1 Å². The Labute approximate surface area is 96.4 Å². The van der Waals surface area contributed by atoms with Gasteiger partial charge in [-0.05, 0) is 19.4 Å². The summed E-state index contributed by atoms with van der Waals surface area (Å²) >= 11 is 0. The Morgan fingerprint density at radius 3 is 2.62 bits per heavy atom. The van der Waals surface area contributed by atoms with Crippen molar-refractivity contribution in [3.05, 3.63) is 18.5 Å². The molecule has 16 heavy (non-hydrogen) atoms. The summed E-state index contributed by atoms with van der Waals surface area (Å²) in [5, 5.41) is 9.12. The van der Waals surface area contributed by atoms with E-state index < -0.39 is 16.1 Å². The molecule has 1 aromatic heterocycles. The molecular weight excluding hydrogens is 228 g/mol. The molecule has 1 unspecified atom stereocenters. The van der Waals surface area contributed by atoms with E-state index >= 15 is 0 Å². The number of aryl methyl sites for hydroxylation is 1. The average Bonchev–Trinajstić information content (AvgIpc) is 2.61. The molecule has 0 saturated heterocycles.